The molecule has 0 radical (unpaired) electrons. The van der Waals surface area contributed by atoms with Crippen LogP contribution in [0.25, 0.3) is 0 Å². The predicted octanol–water partition coefficient (Wildman–Crippen LogP) is -0.126. The normalized spacial score (nSPS) is 13.9. The Morgan fingerprint density at radius 2 is 2.07 bits per heavy atom. The molecule has 6 heteroatoms. The highest BCUT2D eigenvalue weighted by molar-refractivity contribution is 7.91. The fourth-order valence-electron chi connectivity index (χ4n) is 0.842. The van der Waals surface area contributed by atoms with Gasteiger partial charge >= 0.3 is 5.97 Å². The van der Waals surface area contributed by atoms with Crippen LogP contribution in [0.3, 0.4) is 0 Å². The van der Waals surface area contributed by atoms with Crippen molar-refractivity contribution in [3.8, 4) is 0 Å². The zero-order chi connectivity index (χ0) is 11.2. The molecular formula is C8H17NO4S. The fraction of sp³-hybridized carbons (Fsp3) is 0.875. The Bertz CT molecular complexity index is 273. The van der Waals surface area contributed by atoms with E-state index in [2.05, 4.69) is 5.32 Å². The van der Waals surface area contributed by atoms with Gasteiger partial charge in [0.15, 0.2) is 0 Å². The molecule has 0 aromatic rings. The van der Waals surface area contributed by atoms with Crippen LogP contribution >= 0.6 is 0 Å². The zero-order valence-corrected chi connectivity index (χ0v) is 9.30. The van der Waals surface area contributed by atoms with E-state index in [1.165, 1.54) is 6.92 Å². The van der Waals surface area contributed by atoms with Gasteiger partial charge in [-0.3, -0.25) is 4.79 Å². The summed E-state index contributed by atoms with van der Waals surface area (Å²) in [6, 6.07) is -0.626. The van der Waals surface area contributed by atoms with E-state index in [1.807, 2.05) is 0 Å². The first kappa shape index (κ1) is 13.4. The third-order valence-corrected chi connectivity index (χ3v) is 3.68. The van der Waals surface area contributed by atoms with E-state index in [0.717, 1.165) is 0 Å². The summed E-state index contributed by atoms with van der Waals surface area (Å²) in [7, 11) is -2.93. The van der Waals surface area contributed by atoms with E-state index in [1.54, 1.807) is 6.92 Å². The molecule has 0 rings (SSSR count). The van der Waals surface area contributed by atoms with E-state index in [9.17, 15) is 13.2 Å². The van der Waals surface area contributed by atoms with Crippen molar-refractivity contribution in [3.05, 3.63) is 0 Å². The number of aliphatic carboxylic acids is 1. The lowest BCUT2D eigenvalue weighted by atomic mass is 10.3. The summed E-state index contributed by atoms with van der Waals surface area (Å²) >= 11 is 0. The molecular weight excluding hydrogens is 206 g/mol. The molecule has 0 heterocycles. The van der Waals surface area contributed by atoms with E-state index in [4.69, 9.17) is 5.11 Å². The Labute approximate surface area is 84.4 Å². The summed E-state index contributed by atoms with van der Waals surface area (Å²) in [5.74, 6) is -0.673. The van der Waals surface area contributed by atoms with Crippen molar-refractivity contribution in [1.29, 1.82) is 0 Å². The minimum atomic E-state index is -2.93. The number of carboxylic acid groups (broad SMARTS) is 1. The zero-order valence-electron chi connectivity index (χ0n) is 8.49. The minimum absolute atomic E-state index is 0.114. The van der Waals surface area contributed by atoms with Crippen LogP contribution in [0.4, 0.5) is 0 Å². The molecule has 0 aliphatic carbocycles. The quantitative estimate of drug-likeness (QED) is 0.588. The Morgan fingerprint density at radius 3 is 2.50 bits per heavy atom. The number of hydrogen-bond donors (Lipinski definition) is 2. The van der Waals surface area contributed by atoms with Crippen molar-refractivity contribution in [2.24, 2.45) is 0 Å². The molecule has 0 unspecified atom stereocenters. The number of sulfone groups is 1. The van der Waals surface area contributed by atoms with Gasteiger partial charge < -0.3 is 10.4 Å². The van der Waals surface area contributed by atoms with Crippen LogP contribution in [0.15, 0.2) is 0 Å². The van der Waals surface area contributed by atoms with Gasteiger partial charge in [-0.2, -0.15) is 0 Å². The molecule has 0 aromatic carbocycles. The maximum absolute atomic E-state index is 11.0. The van der Waals surface area contributed by atoms with Crippen molar-refractivity contribution in [3.63, 3.8) is 0 Å². The molecule has 14 heavy (non-hydrogen) atoms. The van der Waals surface area contributed by atoms with E-state index >= 15 is 0 Å². The highest BCUT2D eigenvalue weighted by Gasteiger charge is 2.10. The van der Waals surface area contributed by atoms with Crippen LogP contribution in [0.2, 0.25) is 0 Å². The Kier molecular flexibility index (Phi) is 5.71. The van der Waals surface area contributed by atoms with Gasteiger partial charge in [0.05, 0.1) is 5.75 Å². The third-order valence-electron chi connectivity index (χ3n) is 1.89. The van der Waals surface area contributed by atoms with Gasteiger partial charge in [0, 0.05) is 5.75 Å². The van der Waals surface area contributed by atoms with Crippen molar-refractivity contribution in [2.75, 3.05) is 18.1 Å². The summed E-state index contributed by atoms with van der Waals surface area (Å²) in [5.41, 5.74) is 0. The Morgan fingerprint density at radius 1 is 1.50 bits per heavy atom. The van der Waals surface area contributed by atoms with E-state index < -0.39 is 21.8 Å². The van der Waals surface area contributed by atoms with Gasteiger partial charge in [0.1, 0.15) is 15.9 Å². The Balaban J connectivity index is 3.62. The van der Waals surface area contributed by atoms with Crippen LogP contribution in [0.1, 0.15) is 20.3 Å². The monoisotopic (exact) mass is 223 g/mol. The lowest BCUT2D eigenvalue weighted by molar-refractivity contribution is -0.138. The first-order valence-corrected chi connectivity index (χ1v) is 6.38. The van der Waals surface area contributed by atoms with Gasteiger partial charge in [-0.05, 0) is 19.9 Å². The molecule has 0 amide bonds. The third kappa shape index (κ3) is 5.93. The van der Waals surface area contributed by atoms with Crippen LogP contribution in [-0.4, -0.2) is 43.6 Å². The van der Waals surface area contributed by atoms with Crippen LogP contribution < -0.4 is 5.32 Å². The summed E-state index contributed by atoms with van der Waals surface area (Å²) in [5, 5.41) is 11.2. The maximum atomic E-state index is 11.0. The molecule has 0 fully saturated rings. The molecule has 1 atom stereocenters. The number of nitrogens with one attached hydrogen (secondary N) is 1. The second-order valence-electron chi connectivity index (χ2n) is 3.10. The molecule has 0 saturated carbocycles. The van der Waals surface area contributed by atoms with Gasteiger partial charge in [-0.25, -0.2) is 8.42 Å². The average Bonchev–Trinajstić information content (AvgIpc) is 2.12. The predicted molar refractivity (Wildman–Crippen MR) is 54.0 cm³/mol. The first-order valence-electron chi connectivity index (χ1n) is 4.55. The standard InChI is InChI=1S/C8H17NO4S/c1-3-14(12,13)6-4-5-9-7(2)8(10)11/h7,9H,3-6H2,1-2H3,(H,10,11)/t7-/m0/s1. The topological polar surface area (TPSA) is 83.5 Å². The second kappa shape index (κ2) is 5.98. The van der Waals surface area contributed by atoms with Crippen molar-refractivity contribution >= 4 is 15.8 Å². The second-order valence-corrected chi connectivity index (χ2v) is 5.58. The lowest BCUT2D eigenvalue weighted by Gasteiger charge is -2.08. The summed E-state index contributed by atoms with van der Waals surface area (Å²) in [6.45, 7) is 3.53. The van der Waals surface area contributed by atoms with Crippen molar-refractivity contribution < 1.29 is 18.3 Å². The molecule has 0 aliphatic heterocycles. The molecule has 84 valence electrons. The van der Waals surface area contributed by atoms with Gasteiger partial charge in [-0.1, -0.05) is 6.92 Å². The Hall–Kier alpha value is -0.620. The maximum Gasteiger partial charge on any atom is 0.320 e. The minimum Gasteiger partial charge on any atom is -0.480 e. The highest BCUT2D eigenvalue weighted by atomic mass is 32.2. The average molecular weight is 223 g/mol. The SMILES string of the molecule is CCS(=O)(=O)CCCN[C@@H](C)C(=O)O. The summed E-state index contributed by atoms with van der Waals surface area (Å²) < 4.78 is 22.1. The number of hydrogen-bond acceptors (Lipinski definition) is 4. The van der Waals surface area contributed by atoms with Crippen molar-refractivity contribution in [2.45, 2.75) is 26.3 Å². The van der Waals surface area contributed by atoms with Gasteiger partial charge in [0.2, 0.25) is 0 Å². The largest absolute Gasteiger partial charge is 0.480 e. The van der Waals surface area contributed by atoms with E-state index in [0.29, 0.717) is 13.0 Å². The number of carbonyl (C=O) groups is 1. The smallest absolute Gasteiger partial charge is 0.320 e. The van der Waals surface area contributed by atoms with Gasteiger partial charge in [-0.15, -0.1) is 0 Å². The van der Waals surface area contributed by atoms with E-state index in [-0.39, 0.29) is 11.5 Å². The first-order chi connectivity index (χ1) is 6.39. The number of carboxylic acids is 1. The fourth-order valence-corrected chi connectivity index (χ4v) is 1.72. The molecule has 2 N–H and O–H groups in total. The van der Waals surface area contributed by atoms with Crippen LogP contribution in [0, 0.1) is 0 Å². The summed E-state index contributed by atoms with van der Waals surface area (Å²) in [6.07, 6.45) is 0.452. The number of rotatable bonds is 7. The summed E-state index contributed by atoms with van der Waals surface area (Å²) in [4.78, 5) is 10.4. The molecule has 0 aromatic heterocycles. The molecule has 0 bridgehead atoms. The lowest BCUT2D eigenvalue weighted by Crippen LogP contribution is -2.34. The van der Waals surface area contributed by atoms with Crippen molar-refractivity contribution in [1.82, 2.24) is 5.32 Å². The molecule has 0 aliphatic rings. The van der Waals surface area contributed by atoms with Crippen LogP contribution in [0.5, 0.6) is 0 Å². The van der Waals surface area contributed by atoms with Crippen LogP contribution in [-0.2, 0) is 14.6 Å². The molecule has 0 saturated heterocycles. The highest BCUT2D eigenvalue weighted by Crippen LogP contribution is 1.92. The molecule has 0 spiro atoms. The molecule has 5 nitrogen and oxygen atoms in total. The van der Waals surface area contributed by atoms with Gasteiger partial charge in [0.25, 0.3) is 0 Å².